The topological polar surface area (TPSA) is 78.4 Å². The Morgan fingerprint density at radius 3 is 2.42 bits per heavy atom. The molecule has 7 nitrogen and oxygen atoms in total. The zero-order chi connectivity index (χ0) is 23.6. The summed E-state index contributed by atoms with van der Waals surface area (Å²) in [5, 5.41) is 4.60. The van der Waals surface area contributed by atoms with Crippen molar-refractivity contribution in [3.05, 3.63) is 81.3 Å². The molecule has 0 spiro atoms. The van der Waals surface area contributed by atoms with Crippen molar-refractivity contribution >= 4 is 39.7 Å². The van der Waals surface area contributed by atoms with Gasteiger partial charge in [-0.1, -0.05) is 41.9 Å². The van der Waals surface area contributed by atoms with Gasteiger partial charge in [0.05, 0.1) is 24.9 Å². The summed E-state index contributed by atoms with van der Waals surface area (Å²) in [6.07, 6.45) is 1.49. The zero-order valence-corrected chi connectivity index (χ0v) is 20.4. The number of amides is 1. The summed E-state index contributed by atoms with van der Waals surface area (Å²) in [5.74, 6) is 1.64. The van der Waals surface area contributed by atoms with E-state index < -0.39 is 5.91 Å². The van der Waals surface area contributed by atoms with Crippen molar-refractivity contribution in [1.82, 2.24) is 5.43 Å². The van der Waals surface area contributed by atoms with E-state index in [1.54, 1.807) is 37.4 Å². The predicted octanol–water partition coefficient (Wildman–Crippen LogP) is 5.23. The van der Waals surface area contributed by atoms with Crippen LogP contribution in [0.15, 0.2) is 70.2 Å². The van der Waals surface area contributed by atoms with Crippen LogP contribution in [0.3, 0.4) is 0 Å². The first-order chi connectivity index (χ1) is 16.0. The van der Waals surface area contributed by atoms with Gasteiger partial charge >= 0.3 is 0 Å². The van der Waals surface area contributed by atoms with E-state index in [1.165, 1.54) is 13.3 Å². The molecule has 0 heterocycles. The molecular weight excluding hydrogens is 512 g/mol. The first-order valence-electron chi connectivity index (χ1n) is 9.83. The molecule has 0 aliphatic rings. The molecule has 3 aromatic rings. The van der Waals surface area contributed by atoms with Crippen molar-refractivity contribution in [1.29, 1.82) is 0 Å². The molecule has 33 heavy (non-hydrogen) atoms. The van der Waals surface area contributed by atoms with E-state index in [0.717, 1.165) is 5.56 Å². The molecule has 9 heteroatoms. The predicted molar refractivity (Wildman–Crippen MR) is 131 cm³/mol. The van der Waals surface area contributed by atoms with Gasteiger partial charge in [0.1, 0.15) is 6.61 Å². The Morgan fingerprint density at radius 2 is 1.70 bits per heavy atom. The van der Waals surface area contributed by atoms with Gasteiger partial charge in [-0.05, 0) is 51.8 Å². The van der Waals surface area contributed by atoms with E-state index in [4.69, 9.17) is 30.5 Å². The summed E-state index contributed by atoms with van der Waals surface area (Å²) in [6, 6.07) is 18.1. The number of hydrazone groups is 1. The summed E-state index contributed by atoms with van der Waals surface area (Å²) < 4.78 is 22.7. The molecule has 0 unspecified atom stereocenters. The molecule has 0 fully saturated rings. The Kier molecular flexibility index (Phi) is 8.97. The average molecular weight is 534 g/mol. The fourth-order valence-corrected chi connectivity index (χ4v) is 3.58. The van der Waals surface area contributed by atoms with Crippen LogP contribution in [0.5, 0.6) is 23.0 Å². The molecule has 3 aromatic carbocycles. The number of carbonyl (C=O) groups excluding carboxylic acids is 1. The molecule has 0 atom stereocenters. The van der Waals surface area contributed by atoms with Crippen LogP contribution in [0.4, 0.5) is 0 Å². The molecule has 0 aliphatic heterocycles. The quantitative estimate of drug-likeness (QED) is 0.285. The van der Waals surface area contributed by atoms with Crippen molar-refractivity contribution in [2.75, 3.05) is 20.8 Å². The summed E-state index contributed by atoms with van der Waals surface area (Å²) in [4.78, 5) is 12.0. The third-order valence-electron chi connectivity index (χ3n) is 4.41. The molecule has 0 bridgehead atoms. The van der Waals surface area contributed by atoms with E-state index in [-0.39, 0.29) is 13.2 Å². The van der Waals surface area contributed by atoms with Crippen molar-refractivity contribution in [3.63, 3.8) is 0 Å². The second-order valence-corrected chi connectivity index (χ2v) is 7.91. The average Bonchev–Trinajstić information content (AvgIpc) is 2.83. The lowest BCUT2D eigenvalue weighted by Gasteiger charge is -2.14. The lowest BCUT2D eigenvalue weighted by molar-refractivity contribution is -0.123. The number of benzene rings is 3. The van der Waals surface area contributed by atoms with Gasteiger partial charge in [-0.25, -0.2) is 5.43 Å². The Labute approximate surface area is 205 Å². The van der Waals surface area contributed by atoms with Crippen molar-refractivity contribution in [2.45, 2.75) is 6.61 Å². The number of ether oxygens (including phenoxy) is 4. The van der Waals surface area contributed by atoms with Gasteiger partial charge in [0.15, 0.2) is 29.6 Å². The first kappa shape index (κ1) is 24.4. The van der Waals surface area contributed by atoms with E-state index in [9.17, 15) is 4.79 Å². The van der Waals surface area contributed by atoms with Gasteiger partial charge in [-0.2, -0.15) is 5.10 Å². The molecule has 0 saturated carbocycles. The molecule has 3 rings (SSSR count). The fourth-order valence-electron chi connectivity index (χ4n) is 2.81. The standard InChI is InChI=1S/C24H22BrClN2O5/c1-30-20-9-5-6-10-21(20)32-15-23(29)28-27-13-16-11-18(25)24(22(12-16)31-2)33-14-17-7-3-4-8-19(17)26/h3-13H,14-15H2,1-2H3,(H,28,29)/b27-13+. The highest BCUT2D eigenvalue weighted by Crippen LogP contribution is 2.37. The number of rotatable bonds is 10. The molecule has 0 aromatic heterocycles. The number of hydrogen-bond donors (Lipinski definition) is 1. The molecular formula is C24H22BrClN2O5. The minimum absolute atomic E-state index is 0.209. The third kappa shape index (κ3) is 6.87. The minimum atomic E-state index is -0.414. The SMILES string of the molecule is COc1ccccc1OCC(=O)N/N=C/c1cc(Br)c(OCc2ccccc2Cl)c(OC)c1. The second-order valence-electron chi connectivity index (χ2n) is 6.65. The first-order valence-corrected chi connectivity index (χ1v) is 11.0. The zero-order valence-electron chi connectivity index (χ0n) is 18.0. The smallest absolute Gasteiger partial charge is 0.277 e. The van der Waals surface area contributed by atoms with Crippen LogP contribution in [0.25, 0.3) is 0 Å². The Balaban J connectivity index is 1.59. The largest absolute Gasteiger partial charge is 0.493 e. The maximum atomic E-state index is 12.0. The number of carbonyl (C=O) groups is 1. The maximum absolute atomic E-state index is 12.0. The Hall–Kier alpha value is -3.23. The third-order valence-corrected chi connectivity index (χ3v) is 5.37. The molecule has 1 amide bonds. The van der Waals surface area contributed by atoms with Crippen molar-refractivity contribution < 1.29 is 23.7 Å². The summed E-state index contributed by atoms with van der Waals surface area (Å²) in [5.41, 5.74) is 3.97. The number of para-hydroxylation sites is 2. The molecule has 0 aliphatic carbocycles. The summed E-state index contributed by atoms with van der Waals surface area (Å²) in [7, 11) is 3.08. The van der Waals surface area contributed by atoms with Crippen LogP contribution in [0, 0.1) is 0 Å². The Bertz CT molecular complexity index is 1140. The van der Waals surface area contributed by atoms with Crippen LogP contribution in [-0.4, -0.2) is 32.9 Å². The number of halogens is 2. The van der Waals surface area contributed by atoms with Gasteiger partial charge in [0.2, 0.25) is 0 Å². The highest BCUT2D eigenvalue weighted by atomic mass is 79.9. The van der Waals surface area contributed by atoms with E-state index in [1.807, 2.05) is 30.3 Å². The maximum Gasteiger partial charge on any atom is 0.277 e. The molecule has 172 valence electrons. The lowest BCUT2D eigenvalue weighted by Crippen LogP contribution is -2.24. The van der Waals surface area contributed by atoms with Gasteiger partial charge in [-0.15, -0.1) is 0 Å². The van der Waals surface area contributed by atoms with Crippen LogP contribution in [0.1, 0.15) is 11.1 Å². The summed E-state index contributed by atoms with van der Waals surface area (Å²) >= 11 is 9.69. The van der Waals surface area contributed by atoms with E-state index >= 15 is 0 Å². The second kappa shape index (κ2) is 12.1. The van der Waals surface area contributed by atoms with Gasteiger partial charge in [0, 0.05) is 10.6 Å². The lowest BCUT2D eigenvalue weighted by atomic mass is 10.2. The minimum Gasteiger partial charge on any atom is -0.493 e. The van der Waals surface area contributed by atoms with Crippen LogP contribution >= 0.6 is 27.5 Å². The van der Waals surface area contributed by atoms with Crippen LogP contribution in [-0.2, 0) is 11.4 Å². The number of hydrogen-bond acceptors (Lipinski definition) is 6. The Morgan fingerprint density at radius 1 is 1.00 bits per heavy atom. The normalized spacial score (nSPS) is 10.7. The van der Waals surface area contributed by atoms with Crippen LogP contribution < -0.4 is 24.4 Å². The number of nitrogens with zero attached hydrogens (tertiary/aromatic N) is 1. The fraction of sp³-hybridized carbons (Fsp3) is 0.167. The van der Waals surface area contributed by atoms with Crippen LogP contribution in [0.2, 0.25) is 5.02 Å². The van der Waals surface area contributed by atoms with Crippen molar-refractivity contribution in [2.24, 2.45) is 5.10 Å². The molecule has 1 N–H and O–H groups in total. The molecule has 0 saturated heterocycles. The molecule has 0 radical (unpaired) electrons. The van der Waals surface area contributed by atoms with Gasteiger partial charge in [0.25, 0.3) is 5.91 Å². The van der Waals surface area contributed by atoms with Crippen molar-refractivity contribution in [3.8, 4) is 23.0 Å². The van der Waals surface area contributed by atoms with E-state index in [2.05, 4.69) is 26.5 Å². The van der Waals surface area contributed by atoms with E-state index in [0.29, 0.717) is 38.1 Å². The highest BCUT2D eigenvalue weighted by molar-refractivity contribution is 9.10. The monoisotopic (exact) mass is 532 g/mol. The summed E-state index contributed by atoms with van der Waals surface area (Å²) in [6.45, 7) is 0.0733. The van der Waals surface area contributed by atoms with Gasteiger partial charge in [-0.3, -0.25) is 4.79 Å². The number of methoxy groups -OCH3 is 2. The van der Waals surface area contributed by atoms with Gasteiger partial charge < -0.3 is 18.9 Å². The number of nitrogens with one attached hydrogen (secondary N) is 1. The highest BCUT2D eigenvalue weighted by Gasteiger charge is 2.12.